The molecule has 11 heteroatoms. The summed E-state index contributed by atoms with van der Waals surface area (Å²) in [6.45, 7) is 6.68. The number of benzene rings is 2. The van der Waals surface area contributed by atoms with E-state index >= 15 is 0 Å². The molecule has 3 N–H and O–H groups in total. The van der Waals surface area contributed by atoms with Crippen molar-refractivity contribution >= 4 is 52.5 Å². The van der Waals surface area contributed by atoms with Gasteiger partial charge < -0.3 is 16.0 Å². The standard InChI is InChI=1S/C27H28Cl3N7O/c1-27(2,3)24(25(38)32-15-18-7-8-20(29)12-21(18)30)34-22-13-23(37-10-9-31-16-37)36-26(35-22)33-14-17-5-4-6-19(28)11-17/h4-13,16,24H,14-15H2,1-3H3,(H,32,38)(H2,33,34,35,36). The van der Waals surface area contributed by atoms with Crippen molar-refractivity contribution in [2.24, 2.45) is 5.41 Å². The molecule has 0 saturated heterocycles. The van der Waals surface area contributed by atoms with Crippen LogP contribution < -0.4 is 16.0 Å². The zero-order chi connectivity index (χ0) is 27.3. The number of imidazole rings is 1. The maximum Gasteiger partial charge on any atom is 0.243 e. The van der Waals surface area contributed by atoms with Crippen molar-refractivity contribution in [3.63, 3.8) is 0 Å². The Morgan fingerprint density at radius 2 is 1.79 bits per heavy atom. The average Bonchev–Trinajstić information content (AvgIpc) is 3.40. The number of halogens is 3. The van der Waals surface area contributed by atoms with Crippen LogP contribution in [-0.4, -0.2) is 31.5 Å². The van der Waals surface area contributed by atoms with Gasteiger partial charge in [-0.1, -0.05) is 73.8 Å². The van der Waals surface area contributed by atoms with Crippen LogP contribution in [0.15, 0.2) is 67.3 Å². The Bertz CT molecular complexity index is 1400. The van der Waals surface area contributed by atoms with Crippen LogP contribution in [0, 0.1) is 5.41 Å². The fourth-order valence-corrected chi connectivity index (χ4v) is 4.40. The van der Waals surface area contributed by atoms with Crippen LogP contribution in [0.25, 0.3) is 5.82 Å². The average molecular weight is 573 g/mol. The van der Waals surface area contributed by atoms with Gasteiger partial charge in [0.25, 0.3) is 0 Å². The zero-order valence-electron chi connectivity index (χ0n) is 21.2. The van der Waals surface area contributed by atoms with Gasteiger partial charge in [0.2, 0.25) is 11.9 Å². The van der Waals surface area contributed by atoms with Gasteiger partial charge in [-0.25, -0.2) is 4.98 Å². The highest BCUT2D eigenvalue weighted by atomic mass is 35.5. The molecule has 0 radical (unpaired) electrons. The van der Waals surface area contributed by atoms with E-state index in [-0.39, 0.29) is 12.5 Å². The van der Waals surface area contributed by atoms with E-state index in [9.17, 15) is 4.79 Å². The van der Waals surface area contributed by atoms with E-state index in [4.69, 9.17) is 34.8 Å². The topological polar surface area (TPSA) is 96.8 Å². The van der Waals surface area contributed by atoms with Gasteiger partial charge in [-0.3, -0.25) is 9.36 Å². The number of carbonyl (C=O) groups excluding carboxylic acids is 1. The molecular formula is C27H28Cl3N7O. The van der Waals surface area contributed by atoms with Crippen molar-refractivity contribution < 1.29 is 4.79 Å². The Kier molecular flexibility index (Phi) is 8.76. The van der Waals surface area contributed by atoms with Gasteiger partial charge in [-0.15, -0.1) is 0 Å². The summed E-state index contributed by atoms with van der Waals surface area (Å²) in [7, 11) is 0. The molecule has 38 heavy (non-hydrogen) atoms. The second-order valence-corrected chi connectivity index (χ2v) is 11.1. The summed E-state index contributed by atoms with van der Waals surface area (Å²) in [5.41, 5.74) is 1.31. The number of hydrogen-bond donors (Lipinski definition) is 3. The summed E-state index contributed by atoms with van der Waals surface area (Å²) in [4.78, 5) is 26.7. The van der Waals surface area contributed by atoms with Crippen molar-refractivity contribution in [2.75, 3.05) is 10.6 Å². The first kappa shape index (κ1) is 27.7. The van der Waals surface area contributed by atoms with Gasteiger partial charge in [0, 0.05) is 46.6 Å². The van der Waals surface area contributed by atoms with Crippen LogP contribution >= 0.6 is 34.8 Å². The maximum absolute atomic E-state index is 13.4. The van der Waals surface area contributed by atoms with Gasteiger partial charge >= 0.3 is 0 Å². The van der Waals surface area contributed by atoms with Crippen molar-refractivity contribution in [1.82, 2.24) is 24.8 Å². The lowest BCUT2D eigenvalue weighted by atomic mass is 9.86. The number of hydrogen-bond acceptors (Lipinski definition) is 6. The summed E-state index contributed by atoms with van der Waals surface area (Å²) in [5.74, 6) is 1.27. The van der Waals surface area contributed by atoms with Gasteiger partial charge in [-0.05, 0) is 40.8 Å². The number of nitrogens with zero attached hydrogens (tertiary/aromatic N) is 4. The molecule has 4 aromatic rings. The number of anilines is 2. The minimum atomic E-state index is -0.611. The van der Waals surface area contributed by atoms with Crippen LogP contribution in [0.5, 0.6) is 0 Å². The number of carbonyl (C=O) groups is 1. The summed E-state index contributed by atoms with van der Waals surface area (Å²) >= 11 is 18.4. The highest BCUT2D eigenvalue weighted by Crippen LogP contribution is 2.26. The predicted octanol–water partition coefficient (Wildman–Crippen LogP) is 6.38. The summed E-state index contributed by atoms with van der Waals surface area (Å²) < 4.78 is 1.77. The molecule has 1 atom stereocenters. The molecule has 4 rings (SSSR count). The Labute approximate surface area is 236 Å². The van der Waals surface area contributed by atoms with E-state index in [1.54, 1.807) is 47.6 Å². The molecule has 0 saturated carbocycles. The summed E-state index contributed by atoms with van der Waals surface area (Å²) in [6.07, 6.45) is 5.11. The van der Waals surface area contributed by atoms with Gasteiger partial charge in [-0.2, -0.15) is 9.97 Å². The number of amides is 1. The highest BCUT2D eigenvalue weighted by molar-refractivity contribution is 6.35. The van der Waals surface area contributed by atoms with Crippen LogP contribution in [0.3, 0.4) is 0 Å². The number of aromatic nitrogens is 4. The first-order valence-corrected chi connectivity index (χ1v) is 13.1. The third-order valence-corrected chi connectivity index (χ3v) is 6.53. The number of nitrogens with one attached hydrogen (secondary N) is 3. The third kappa shape index (κ3) is 7.37. The quantitative estimate of drug-likeness (QED) is 0.215. The molecule has 198 valence electrons. The van der Waals surface area contributed by atoms with Crippen molar-refractivity contribution in [3.8, 4) is 5.82 Å². The molecule has 8 nitrogen and oxygen atoms in total. The number of rotatable bonds is 9. The zero-order valence-corrected chi connectivity index (χ0v) is 23.4. The molecule has 0 aliphatic rings. The van der Waals surface area contributed by atoms with E-state index in [2.05, 4.69) is 30.9 Å². The van der Waals surface area contributed by atoms with Crippen molar-refractivity contribution in [2.45, 2.75) is 39.9 Å². The minimum absolute atomic E-state index is 0.195. The fraction of sp³-hybridized carbons (Fsp3) is 0.259. The monoisotopic (exact) mass is 571 g/mol. The molecule has 1 unspecified atom stereocenters. The SMILES string of the molecule is CC(C)(C)C(Nc1cc(-n2ccnc2)nc(NCc2cccc(Cl)c2)n1)C(=O)NCc1ccc(Cl)cc1Cl. The molecule has 0 fully saturated rings. The Hall–Kier alpha value is -3.33. The van der Waals surface area contributed by atoms with Crippen molar-refractivity contribution in [3.05, 3.63) is 93.4 Å². The lowest BCUT2D eigenvalue weighted by Gasteiger charge is -2.31. The molecular weight excluding hydrogens is 545 g/mol. The van der Waals surface area contributed by atoms with E-state index < -0.39 is 11.5 Å². The Balaban J connectivity index is 1.56. The molecule has 1 amide bonds. The molecule has 2 aromatic heterocycles. The fourth-order valence-electron chi connectivity index (χ4n) is 3.72. The molecule has 2 aromatic carbocycles. The lowest BCUT2D eigenvalue weighted by Crippen LogP contribution is -2.47. The minimum Gasteiger partial charge on any atom is -0.358 e. The lowest BCUT2D eigenvalue weighted by molar-refractivity contribution is -0.124. The highest BCUT2D eigenvalue weighted by Gasteiger charge is 2.32. The van der Waals surface area contributed by atoms with Crippen LogP contribution in [0.4, 0.5) is 11.8 Å². The largest absolute Gasteiger partial charge is 0.358 e. The molecule has 0 aliphatic heterocycles. The predicted molar refractivity (Wildman–Crippen MR) is 153 cm³/mol. The van der Waals surface area contributed by atoms with Crippen molar-refractivity contribution in [1.29, 1.82) is 0 Å². The maximum atomic E-state index is 13.4. The first-order chi connectivity index (χ1) is 18.1. The van der Waals surface area contributed by atoms with E-state index in [0.717, 1.165) is 11.1 Å². The molecule has 2 heterocycles. The smallest absolute Gasteiger partial charge is 0.243 e. The second-order valence-electron chi connectivity index (χ2n) is 9.79. The van der Waals surface area contributed by atoms with E-state index in [1.807, 2.05) is 45.0 Å². The normalized spacial score (nSPS) is 12.2. The third-order valence-electron chi connectivity index (χ3n) is 5.71. The first-order valence-electron chi connectivity index (χ1n) is 11.9. The summed E-state index contributed by atoms with van der Waals surface area (Å²) in [5, 5.41) is 11.2. The Morgan fingerprint density at radius 1 is 1.00 bits per heavy atom. The van der Waals surface area contributed by atoms with Crippen LogP contribution in [-0.2, 0) is 17.9 Å². The molecule has 0 aliphatic carbocycles. The van der Waals surface area contributed by atoms with Crippen LogP contribution in [0.2, 0.25) is 15.1 Å². The molecule has 0 bridgehead atoms. The van der Waals surface area contributed by atoms with E-state index in [1.165, 1.54) is 0 Å². The Morgan fingerprint density at radius 3 is 2.47 bits per heavy atom. The summed E-state index contributed by atoms with van der Waals surface area (Å²) in [6, 6.07) is 13.9. The van der Waals surface area contributed by atoms with Gasteiger partial charge in [0.15, 0.2) is 0 Å². The molecule has 0 spiro atoms. The second kappa shape index (κ2) is 12.0. The van der Waals surface area contributed by atoms with Gasteiger partial charge in [0.05, 0.1) is 0 Å². The van der Waals surface area contributed by atoms with Crippen LogP contribution in [0.1, 0.15) is 31.9 Å². The van der Waals surface area contributed by atoms with E-state index in [0.29, 0.717) is 39.2 Å². The van der Waals surface area contributed by atoms with Gasteiger partial charge in [0.1, 0.15) is 24.0 Å².